The number of ketones is 1. The van der Waals surface area contributed by atoms with Crippen molar-refractivity contribution in [1.82, 2.24) is 0 Å². The Morgan fingerprint density at radius 2 is 1.54 bits per heavy atom. The van der Waals surface area contributed by atoms with Crippen molar-refractivity contribution in [2.75, 3.05) is 21.3 Å². The molecule has 2 rings (SSSR count). The molecule has 0 spiro atoms. The van der Waals surface area contributed by atoms with Gasteiger partial charge in [-0.2, -0.15) is 0 Å². The van der Waals surface area contributed by atoms with Crippen molar-refractivity contribution < 1.29 is 33.4 Å². The largest absolute Gasteiger partial charge is 0.469 e. The fourth-order valence-corrected chi connectivity index (χ4v) is 4.19. The number of hydrogen-bond acceptors (Lipinski definition) is 7. The van der Waals surface area contributed by atoms with Gasteiger partial charge in [-0.05, 0) is 18.4 Å². The molecule has 0 aromatic heterocycles. The van der Waals surface area contributed by atoms with E-state index in [1.165, 1.54) is 21.3 Å². The molecule has 0 radical (unpaired) electrons. The van der Waals surface area contributed by atoms with E-state index in [0.29, 0.717) is 24.0 Å². The minimum Gasteiger partial charge on any atom is -0.469 e. The molecule has 7 heteroatoms. The van der Waals surface area contributed by atoms with Crippen LogP contribution in [0.15, 0.2) is 22.8 Å². The molecule has 4 atom stereocenters. The van der Waals surface area contributed by atoms with Crippen LogP contribution in [-0.4, -0.2) is 45.0 Å². The Bertz CT molecular complexity index is 701. The first-order chi connectivity index (χ1) is 12.4. The number of rotatable bonds is 5. The SMILES string of the molecule is CCC1=C[C@H](C(=O)OC)[C@H]2C(=O)C(C(=O)OC)=C(CC)[C@H]2[C@H]1C(=O)OC. The highest BCUT2D eigenvalue weighted by molar-refractivity contribution is 6.22. The molecule has 142 valence electrons. The van der Waals surface area contributed by atoms with Crippen LogP contribution in [-0.2, 0) is 33.4 Å². The molecule has 2 aliphatic rings. The molecule has 26 heavy (non-hydrogen) atoms. The molecule has 0 saturated heterocycles. The molecule has 0 bridgehead atoms. The molecule has 0 N–H and O–H groups in total. The first kappa shape index (κ1) is 19.9. The van der Waals surface area contributed by atoms with Gasteiger partial charge in [0.05, 0.1) is 33.2 Å². The second kappa shape index (κ2) is 7.85. The highest BCUT2D eigenvalue weighted by atomic mass is 16.5. The monoisotopic (exact) mass is 364 g/mol. The minimum absolute atomic E-state index is 0.0569. The van der Waals surface area contributed by atoms with E-state index < -0.39 is 47.4 Å². The van der Waals surface area contributed by atoms with E-state index in [1.807, 2.05) is 6.92 Å². The Kier molecular flexibility index (Phi) is 6.00. The summed E-state index contributed by atoms with van der Waals surface area (Å²) in [5.74, 6) is -5.32. The molecule has 7 nitrogen and oxygen atoms in total. The predicted molar refractivity (Wildman–Crippen MR) is 90.7 cm³/mol. The third kappa shape index (κ3) is 2.95. The molecule has 0 heterocycles. The van der Waals surface area contributed by atoms with Crippen molar-refractivity contribution in [2.45, 2.75) is 26.7 Å². The summed E-state index contributed by atoms with van der Waals surface area (Å²) >= 11 is 0. The van der Waals surface area contributed by atoms with Gasteiger partial charge >= 0.3 is 17.9 Å². The van der Waals surface area contributed by atoms with Gasteiger partial charge in [-0.15, -0.1) is 0 Å². The maximum Gasteiger partial charge on any atom is 0.341 e. The quantitative estimate of drug-likeness (QED) is 0.316. The second-order valence-corrected chi connectivity index (χ2v) is 6.31. The standard InChI is InChI=1S/C19H24O7/c1-6-9-8-11(17(21)24-3)14-13(12(9)18(22)25-4)10(7-2)15(16(14)20)19(23)26-5/h8,11-14H,6-7H2,1-5H3/t11-,12-,13-,14+/m0/s1. The van der Waals surface area contributed by atoms with Crippen molar-refractivity contribution in [1.29, 1.82) is 0 Å². The molecule has 0 unspecified atom stereocenters. The summed E-state index contributed by atoms with van der Waals surface area (Å²) < 4.78 is 14.6. The Labute approximate surface area is 152 Å². The third-order valence-electron chi connectivity index (χ3n) is 5.31. The van der Waals surface area contributed by atoms with E-state index in [4.69, 9.17) is 14.2 Å². The van der Waals surface area contributed by atoms with Crippen molar-refractivity contribution in [3.8, 4) is 0 Å². The zero-order valence-electron chi connectivity index (χ0n) is 15.7. The summed E-state index contributed by atoms with van der Waals surface area (Å²) in [5.41, 5.74) is 1.19. The fraction of sp³-hybridized carbons (Fsp3) is 0.579. The first-order valence-electron chi connectivity index (χ1n) is 8.59. The smallest absolute Gasteiger partial charge is 0.341 e. The molecule has 2 aliphatic carbocycles. The van der Waals surface area contributed by atoms with Crippen LogP contribution < -0.4 is 0 Å². The lowest BCUT2D eigenvalue weighted by atomic mass is 9.65. The summed E-state index contributed by atoms with van der Waals surface area (Å²) in [4.78, 5) is 50.1. The van der Waals surface area contributed by atoms with Crippen LogP contribution in [0.25, 0.3) is 0 Å². The average Bonchev–Trinajstić information content (AvgIpc) is 2.96. The molecular weight excluding hydrogens is 340 g/mol. The normalized spacial score (nSPS) is 27.6. The highest BCUT2D eigenvalue weighted by Crippen LogP contribution is 2.51. The molecular formula is C19H24O7. The summed E-state index contributed by atoms with van der Waals surface area (Å²) in [6.45, 7) is 3.67. The summed E-state index contributed by atoms with van der Waals surface area (Å²) in [5, 5.41) is 0. The maximum absolute atomic E-state index is 13.0. The molecule has 0 saturated carbocycles. The lowest BCUT2D eigenvalue weighted by Gasteiger charge is -2.37. The van der Waals surface area contributed by atoms with E-state index >= 15 is 0 Å². The van der Waals surface area contributed by atoms with Gasteiger partial charge in [-0.1, -0.05) is 25.5 Å². The number of methoxy groups -OCH3 is 3. The van der Waals surface area contributed by atoms with Gasteiger partial charge in [0.1, 0.15) is 5.57 Å². The maximum atomic E-state index is 13.0. The van der Waals surface area contributed by atoms with E-state index in [2.05, 4.69) is 0 Å². The van der Waals surface area contributed by atoms with Crippen molar-refractivity contribution in [3.05, 3.63) is 22.8 Å². The van der Waals surface area contributed by atoms with Gasteiger partial charge in [0, 0.05) is 11.8 Å². The topological polar surface area (TPSA) is 96.0 Å². The zero-order chi connectivity index (χ0) is 19.6. The molecule has 0 amide bonds. The average molecular weight is 364 g/mol. The zero-order valence-corrected chi connectivity index (χ0v) is 15.7. The van der Waals surface area contributed by atoms with Crippen LogP contribution >= 0.6 is 0 Å². The molecule has 0 fully saturated rings. The van der Waals surface area contributed by atoms with Crippen molar-refractivity contribution in [2.24, 2.45) is 23.7 Å². The number of hydrogen-bond donors (Lipinski definition) is 0. The van der Waals surface area contributed by atoms with Crippen molar-refractivity contribution >= 4 is 23.7 Å². The summed E-state index contributed by atoms with van der Waals surface area (Å²) in [6.07, 6.45) is 2.52. The first-order valence-corrected chi connectivity index (χ1v) is 8.59. The summed E-state index contributed by atoms with van der Waals surface area (Å²) in [7, 11) is 3.73. The number of esters is 3. The van der Waals surface area contributed by atoms with Gasteiger partial charge in [-0.3, -0.25) is 14.4 Å². The highest BCUT2D eigenvalue weighted by Gasteiger charge is 2.56. The summed E-state index contributed by atoms with van der Waals surface area (Å²) in [6, 6.07) is 0. The minimum atomic E-state index is -0.870. The van der Waals surface area contributed by atoms with E-state index in [-0.39, 0.29) is 5.57 Å². The van der Waals surface area contributed by atoms with Gasteiger partial charge in [0.2, 0.25) is 0 Å². The Hall–Kier alpha value is -2.44. The Balaban J connectivity index is 2.72. The van der Waals surface area contributed by atoms with Gasteiger partial charge in [0.15, 0.2) is 5.78 Å². The van der Waals surface area contributed by atoms with Gasteiger partial charge in [0.25, 0.3) is 0 Å². The van der Waals surface area contributed by atoms with E-state index in [0.717, 1.165) is 0 Å². The Morgan fingerprint density at radius 1 is 0.923 bits per heavy atom. The van der Waals surface area contributed by atoms with Gasteiger partial charge < -0.3 is 14.2 Å². The third-order valence-corrected chi connectivity index (χ3v) is 5.31. The number of Topliss-reactive ketones (excluding diaryl/α,β-unsaturated/α-hetero) is 1. The van der Waals surface area contributed by atoms with Crippen LogP contribution in [0.2, 0.25) is 0 Å². The van der Waals surface area contributed by atoms with Crippen LogP contribution in [0.5, 0.6) is 0 Å². The lowest BCUT2D eigenvalue weighted by Crippen LogP contribution is -2.42. The van der Waals surface area contributed by atoms with Crippen LogP contribution in [0.3, 0.4) is 0 Å². The van der Waals surface area contributed by atoms with Crippen LogP contribution in [0.4, 0.5) is 0 Å². The van der Waals surface area contributed by atoms with E-state index in [9.17, 15) is 19.2 Å². The number of carbonyl (C=O) groups is 4. The number of carbonyl (C=O) groups excluding carboxylic acids is 4. The molecule has 0 aliphatic heterocycles. The van der Waals surface area contributed by atoms with Gasteiger partial charge in [-0.25, -0.2) is 4.79 Å². The van der Waals surface area contributed by atoms with Crippen LogP contribution in [0.1, 0.15) is 26.7 Å². The number of ether oxygens (including phenoxy) is 3. The fourth-order valence-electron chi connectivity index (χ4n) is 4.19. The second-order valence-electron chi connectivity index (χ2n) is 6.31. The predicted octanol–water partition coefficient (Wildman–Crippen LogP) is 1.61. The van der Waals surface area contributed by atoms with Crippen LogP contribution in [0, 0.1) is 23.7 Å². The molecule has 0 aromatic rings. The number of allylic oxidation sites excluding steroid dienone is 1. The van der Waals surface area contributed by atoms with E-state index in [1.54, 1.807) is 13.0 Å². The lowest BCUT2D eigenvalue weighted by molar-refractivity contribution is -0.152. The van der Waals surface area contributed by atoms with Crippen molar-refractivity contribution in [3.63, 3.8) is 0 Å². The molecule has 0 aromatic carbocycles. The Morgan fingerprint density at radius 3 is 2.00 bits per heavy atom. The number of fused-ring (bicyclic) bond motifs is 1.